The number of hydrogen-bond donors (Lipinski definition) is 0. The van der Waals surface area contributed by atoms with Gasteiger partial charge in [-0.05, 0) is 117 Å². The van der Waals surface area contributed by atoms with Crippen LogP contribution in [0.25, 0.3) is 11.1 Å². The topological polar surface area (TPSA) is 18.5 Å². The molecule has 2 fully saturated rings. The molecule has 0 amide bonds. The van der Waals surface area contributed by atoms with Crippen LogP contribution >= 0.6 is 0 Å². The van der Waals surface area contributed by atoms with Gasteiger partial charge in [0.2, 0.25) is 0 Å². The monoisotopic (exact) mass is 480 g/mol. The number of halogens is 2. The van der Waals surface area contributed by atoms with Gasteiger partial charge in [0.15, 0.2) is 23.1 Å². The van der Waals surface area contributed by atoms with E-state index in [0.29, 0.717) is 42.1 Å². The Morgan fingerprint density at radius 3 is 1.71 bits per heavy atom. The Labute approximate surface area is 209 Å². The quantitative estimate of drug-likeness (QED) is 0.334. The largest absolute Gasteiger partial charge is 0.491 e. The van der Waals surface area contributed by atoms with Gasteiger partial charge in [0.1, 0.15) is 0 Å². The van der Waals surface area contributed by atoms with E-state index in [0.717, 1.165) is 18.8 Å². The molecule has 2 nitrogen and oxygen atoms in total. The molecule has 2 aromatic rings. The Kier molecular flexibility index (Phi) is 9.01. The third kappa shape index (κ3) is 6.96. The summed E-state index contributed by atoms with van der Waals surface area (Å²) in [6.07, 6.45) is 16.7. The molecule has 0 heterocycles. The zero-order valence-electron chi connectivity index (χ0n) is 20.9. The molecule has 4 rings (SSSR count). The minimum atomic E-state index is -0.449. The fourth-order valence-electron chi connectivity index (χ4n) is 5.39. The Morgan fingerprint density at radius 1 is 0.743 bits per heavy atom. The highest BCUT2D eigenvalue weighted by molar-refractivity contribution is 5.65. The van der Waals surface area contributed by atoms with Crippen molar-refractivity contribution < 1.29 is 18.3 Å². The maximum Gasteiger partial charge on any atom is 0.165 e. The van der Waals surface area contributed by atoms with Crippen molar-refractivity contribution in [1.82, 2.24) is 0 Å². The van der Waals surface area contributed by atoms with Gasteiger partial charge in [0.05, 0.1) is 13.2 Å². The van der Waals surface area contributed by atoms with Gasteiger partial charge in [-0.15, -0.1) is 6.58 Å². The fourth-order valence-corrected chi connectivity index (χ4v) is 5.39. The summed E-state index contributed by atoms with van der Waals surface area (Å²) in [5.41, 5.74) is 1.22. The van der Waals surface area contributed by atoms with Crippen LogP contribution in [0, 0.1) is 35.3 Å². The molecule has 4 heteroatoms. The number of benzene rings is 2. The van der Waals surface area contributed by atoms with Crippen LogP contribution in [0.15, 0.2) is 61.2 Å². The van der Waals surface area contributed by atoms with E-state index in [4.69, 9.17) is 9.47 Å². The number of hydrogen-bond acceptors (Lipinski definition) is 2. The third-order valence-electron chi connectivity index (χ3n) is 7.67. The van der Waals surface area contributed by atoms with Crippen molar-refractivity contribution in [1.29, 1.82) is 0 Å². The van der Waals surface area contributed by atoms with E-state index in [2.05, 4.69) is 24.8 Å². The van der Waals surface area contributed by atoms with Crippen molar-refractivity contribution >= 4 is 0 Å². The lowest BCUT2D eigenvalue weighted by molar-refractivity contribution is 0.189. The van der Waals surface area contributed by atoms with Gasteiger partial charge in [-0.1, -0.05) is 30.4 Å². The first-order valence-electron chi connectivity index (χ1n) is 13.2. The van der Waals surface area contributed by atoms with E-state index >= 15 is 0 Å². The highest BCUT2D eigenvalue weighted by Gasteiger charge is 2.22. The third-order valence-corrected chi connectivity index (χ3v) is 7.67. The highest BCUT2D eigenvalue weighted by Crippen LogP contribution is 2.34. The van der Waals surface area contributed by atoms with Crippen molar-refractivity contribution in [3.8, 4) is 22.6 Å². The second-order valence-electron chi connectivity index (χ2n) is 10.1. The minimum Gasteiger partial charge on any atom is -0.491 e. The molecule has 2 aliphatic carbocycles. The average molecular weight is 481 g/mol. The molecule has 0 aromatic heterocycles. The molecule has 2 aromatic carbocycles. The summed E-state index contributed by atoms with van der Waals surface area (Å²) in [6.45, 7) is 6.68. The van der Waals surface area contributed by atoms with Crippen LogP contribution in [0.4, 0.5) is 8.78 Å². The maximum absolute atomic E-state index is 14.7. The predicted octanol–water partition coefficient (Wildman–Crippen LogP) is 8.76. The zero-order valence-corrected chi connectivity index (χ0v) is 20.9. The first kappa shape index (κ1) is 25.5. The SMILES string of the molecule is C=CC1CCC(/C=C/C2CCC(COc3ccc(-c4ccc(OCC)c(F)c4)cc3F)CC2)CC1. The van der Waals surface area contributed by atoms with Crippen LogP contribution in [-0.2, 0) is 0 Å². The van der Waals surface area contributed by atoms with E-state index in [1.807, 2.05) is 0 Å². The smallest absolute Gasteiger partial charge is 0.165 e. The predicted molar refractivity (Wildman–Crippen MR) is 139 cm³/mol. The zero-order chi connectivity index (χ0) is 24.6. The Balaban J connectivity index is 1.23. The first-order chi connectivity index (χ1) is 17.1. The molecule has 0 radical (unpaired) electrons. The fraction of sp³-hybridized carbons (Fsp3) is 0.484. The summed E-state index contributed by atoms with van der Waals surface area (Å²) in [5, 5.41) is 0. The van der Waals surface area contributed by atoms with Gasteiger partial charge >= 0.3 is 0 Å². The second-order valence-corrected chi connectivity index (χ2v) is 10.1. The average Bonchev–Trinajstić information content (AvgIpc) is 2.89. The lowest BCUT2D eigenvalue weighted by Gasteiger charge is -2.28. The summed E-state index contributed by atoms with van der Waals surface area (Å²) in [7, 11) is 0. The van der Waals surface area contributed by atoms with Crippen molar-refractivity contribution in [2.45, 2.75) is 58.3 Å². The van der Waals surface area contributed by atoms with Crippen LogP contribution in [0.2, 0.25) is 0 Å². The van der Waals surface area contributed by atoms with Crippen molar-refractivity contribution in [3.63, 3.8) is 0 Å². The van der Waals surface area contributed by atoms with Crippen LogP contribution in [0.5, 0.6) is 11.5 Å². The van der Waals surface area contributed by atoms with E-state index in [1.165, 1.54) is 50.7 Å². The number of allylic oxidation sites excluding steroid dienone is 3. The normalized spacial score (nSPS) is 24.9. The van der Waals surface area contributed by atoms with E-state index in [-0.39, 0.29) is 11.5 Å². The standard InChI is InChI=1S/C31H38F2O2/c1-3-22-5-7-23(8-6-22)9-10-24-11-13-25(14-12-24)21-35-31-18-16-27(20-29(31)33)26-15-17-30(34-4-2)28(32)19-26/h3,9-10,15-20,22-25H,1,4-8,11-14,21H2,2H3/b10-9+. The molecule has 0 spiro atoms. The summed E-state index contributed by atoms with van der Waals surface area (Å²) in [5.74, 6) is 2.17. The van der Waals surface area contributed by atoms with Gasteiger partial charge in [0, 0.05) is 0 Å². The molecule has 35 heavy (non-hydrogen) atoms. The molecule has 2 saturated carbocycles. The van der Waals surface area contributed by atoms with Gasteiger partial charge < -0.3 is 9.47 Å². The summed E-state index contributed by atoms with van der Waals surface area (Å²) < 4.78 is 40.0. The highest BCUT2D eigenvalue weighted by atomic mass is 19.1. The van der Waals surface area contributed by atoms with Crippen molar-refractivity contribution in [3.05, 3.63) is 72.8 Å². The van der Waals surface area contributed by atoms with E-state index < -0.39 is 11.6 Å². The summed E-state index contributed by atoms with van der Waals surface area (Å²) in [6, 6.07) is 9.53. The molecular formula is C31H38F2O2. The molecule has 0 saturated heterocycles. The summed E-state index contributed by atoms with van der Waals surface area (Å²) >= 11 is 0. The maximum atomic E-state index is 14.7. The molecule has 0 aliphatic heterocycles. The lowest BCUT2D eigenvalue weighted by atomic mass is 9.79. The molecule has 0 atom stereocenters. The molecular weight excluding hydrogens is 442 g/mol. The molecule has 0 N–H and O–H groups in total. The number of ether oxygens (including phenoxy) is 2. The van der Waals surface area contributed by atoms with Crippen LogP contribution < -0.4 is 9.47 Å². The Morgan fingerprint density at radius 2 is 1.23 bits per heavy atom. The van der Waals surface area contributed by atoms with Crippen molar-refractivity contribution in [2.75, 3.05) is 13.2 Å². The number of rotatable bonds is 9. The molecule has 188 valence electrons. The second kappa shape index (κ2) is 12.4. The minimum absolute atomic E-state index is 0.206. The molecule has 0 bridgehead atoms. The molecule has 2 aliphatic rings. The van der Waals surface area contributed by atoms with Gasteiger partial charge in [-0.25, -0.2) is 8.78 Å². The van der Waals surface area contributed by atoms with Gasteiger partial charge in [-0.2, -0.15) is 0 Å². The van der Waals surface area contributed by atoms with Gasteiger partial charge in [0.25, 0.3) is 0 Å². The van der Waals surface area contributed by atoms with Crippen LogP contribution in [-0.4, -0.2) is 13.2 Å². The lowest BCUT2D eigenvalue weighted by Crippen LogP contribution is -2.19. The Hall–Kier alpha value is -2.62. The van der Waals surface area contributed by atoms with E-state index in [1.54, 1.807) is 31.2 Å². The van der Waals surface area contributed by atoms with Gasteiger partial charge in [-0.3, -0.25) is 0 Å². The van der Waals surface area contributed by atoms with Crippen LogP contribution in [0.1, 0.15) is 58.3 Å². The first-order valence-corrected chi connectivity index (χ1v) is 13.2. The summed E-state index contributed by atoms with van der Waals surface area (Å²) in [4.78, 5) is 0. The van der Waals surface area contributed by atoms with Crippen molar-refractivity contribution in [2.24, 2.45) is 23.7 Å². The van der Waals surface area contributed by atoms with E-state index in [9.17, 15) is 8.78 Å². The Bertz CT molecular complexity index is 999. The van der Waals surface area contributed by atoms with Crippen LogP contribution in [0.3, 0.4) is 0 Å². The molecule has 0 unspecified atom stereocenters.